The highest BCUT2D eigenvalue weighted by atomic mass is 19.3. The summed E-state index contributed by atoms with van der Waals surface area (Å²) >= 11 is 0. The van der Waals surface area contributed by atoms with Gasteiger partial charge in [-0.1, -0.05) is 0 Å². The maximum absolute atomic E-state index is 15.0. The second kappa shape index (κ2) is 8.99. The Bertz CT molecular complexity index is 1390. The Morgan fingerprint density at radius 1 is 1.26 bits per heavy atom. The number of fused-ring (bicyclic) bond motifs is 2. The molecule has 0 saturated carbocycles. The summed E-state index contributed by atoms with van der Waals surface area (Å²) in [7, 11) is 3.32. The molecule has 1 fully saturated rings. The molecule has 186 valence electrons. The molecule has 8 nitrogen and oxygen atoms in total. The van der Waals surface area contributed by atoms with Crippen molar-refractivity contribution in [2.24, 2.45) is 0 Å². The number of alkyl halides is 3. The molecule has 4 heterocycles. The molecule has 12 heteroatoms. The second-order valence-corrected chi connectivity index (χ2v) is 8.77. The molecule has 35 heavy (non-hydrogen) atoms. The van der Waals surface area contributed by atoms with E-state index in [0.717, 1.165) is 6.54 Å². The van der Waals surface area contributed by atoms with Gasteiger partial charge in [0.05, 0.1) is 25.2 Å². The van der Waals surface area contributed by atoms with Gasteiger partial charge < -0.3 is 19.5 Å². The molecule has 4 aromatic rings. The van der Waals surface area contributed by atoms with Crippen molar-refractivity contribution in [1.82, 2.24) is 29.0 Å². The van der Waals surface area contributed by atoms with Crippen molar-refractivity contribution in [3.8, 4) is 17.0 Å². The van der Waals surface area contributed by atoms with Crippen molar-refractivity contribution < 1.29 is 22.3 Å². The van der Waals surface area contributed by atoms with Gasteiger partial charge >= 0.3 is 0 Å². The summed E-state index contributed by atoms with van der Waals surface area (Å²) in [6.07, 6.45) is -1.43. The first-order valence-electron chi connectivity index (χ1n) is 11.2. The van der Waals surface area contributed by atoms with E-state index in [9.17, 15) is 17.6 Å². The average molecular weight is 491 g/mol. The minimum absolute atomic E-state index is 0.0315. The number of aromatic nitrogens is 5. The van der Waals surface area contributed by atoms with E-state index in [1.165, 1.54) is 22.3 Å². The lowest BCUT2D eigenvalue weighted by Crippen LogP contribution is -2.46. The normalized spacial score (nSPS) is 19.2. The van der Waals surface area contributed by atoms with Crippen LogP contribution in [0.25, 0.3) is 27.7 Å². The first-order valence-corrected chi connectivity index (χ1v) is 11.2. The number of piperidine rings is 1. The molecule has 0 radical (unpaired) electrons. The number of likely N-dealkylation sites (tertiary alicyclic amines) is 1. The number of hydrogen-bond acceptors (Lipinski definition) is 6. The smallest absolute Gasteiger partial charge is 0.256 e. The number of methoxy groups -OCH3 is 1. The van der Waals surface area contributed by atoms with Crippen LogP contribution in [-0.2, 0) is 6.54 Å². The zero-order valence-electron chi connectivity index (χ0n) is 19.5. The summed E-state index contributed by atoms with van der Waals surface area (Å²) in [6, 6.07) is 4.20. The van der Waals surface area contributed by atoms with Crippen molar-refractivity contribution in [1.29, 1.82) is 0 Å². The number of hydrogen-bond donors (Lipinski definition) is 1. The predicted octanol–water partition coefficient (Wildman–Crippen LogP) is 3.92. The Balaban J connectivity index is 1.56. The van der Waals surface area contributed by atoms with Crippen LogP contribution in [0, 0.1) is 12.7 Å². The summed E-state index contributed by atoms with van der Waals surface area (Å²) in [5, 5.41) is 7.51. The fourth-order valence-electron chi connectivity index (χ4n) is 4.63. The van der Waals surface area contributed by atoms with Gasteiger partial charge in [-0.15, -0.1) is 5.10 Å². The SMILES string of the molecule is COc1nc(N[C@@H]2CCN(C)C[C@H]2F)nn2ccc(-c3cc(F)c4nc(C)n(CC(F)F)c4c3)c12. The second-order valence-electron chi connectivity index (χ2n) is 8.77. The van der Waals surface area contributed by atoms with E-state index in [1.54, 1.807) is 25.3 Å². The van der Waals surface area contributed by atoms with Gasteiger partial charge in [0, 0.05) is 24.8 Å². The van der Waals surface area contributed by atoms with Crippen LogP contribution in [-0.4, -0.2) is 74.9 Å². The third-order valence-electron chi connectivity index (χ3n) is 6.36. The fraction of sp³-hybridized carbons (Fsp3) is 0.435. The summed E-state index contributed by atoms with van der Waals surface area (Å²) in [4.78, 5) is 10.5. The summed E-state index contributed by atoms with van der Waals surface area (Å²) in [6.45, 7) is 2.05. The lowest BCUT2D eigenvalue weighted by Gasteiger charge is -2.32. The standard InChI is InChI=1S/C23H25F4N7O/c1-12-28-20-15(24)8-13(9-18(20)33(12)11-19(26)27)14-4-7-34-21(14)22(35-3)30-23(31-34)29-17-5-6-32(2)10-16(17)25/h4,7-9,16-17,19H,5-6,10-11H2,1-3H3,(H,29,31)/t16-,17-/m1/s1. The molecule has 5 rings (SSSR count). The lowest BCUT2D eigenvalue weighted by molar-refractivity contribution is 0.127. The van der Waals surface area contributed by atoms with Crippen molar-refractivity contribution in [2.45, 2.75) is 38.5 Å². The molecule has 1 saturated heterocycles. The van der Waals surface area contributed by atoms with Gasteiger partial charge in [0.2, 0.25) is 11.8 Å². The van der Waals surface area contributed by atoms with Gasteiger partial charge in [-0.25, -0.2) is 27.1 Å². The molecule has 1 aliphatic rings. The van der Waals surface area contributed by atoms with Crippen molar-refractivity contribution >= 4 is 22.5 Å². The quantitative estimate of drug-likeness (QED) is 0.413. The zero-order chi connectivity index (χ0) is 24.9. The molecule has 0 amide bonds. The number of rotatable bonds is 6. The van der Waals surface area contributed by atoms with E-state index < -0.39 is 31.0 Å². The largest absolute Gasteiger partial charge is 0.479 e. The number of ether oxygens (including phenoxy) is 1. The Morgan fingerprint density at radius 2 is 2.06 bits per heavy atom. The van der Waals surface area contributed by atoms with Crippen molar-refractivity contribution in [3.63, 3.8) is 0 Å². The van der Waals surface area contributed by atoms with Gasteiger partial charge in [-0.05, 0) is 44.2 Å². The van der Waals surface area contributed by atoms with Crippen LogP contribution < -0.4 is 10.1 Å². The number of halogens is 4. The number of aryl methyl sites for hydroxylation is 1. The van der Waals surface area contributed by atoms with Crippen LogP contribution in [0.1, 0.15) is 12.2 Å². The highest BCUT2D eigenvalue weighted by Gasteiger charge is 2.28. The van der Waals surface area contributed by atoms with Gasteiger partial charge in [0.15, 0.2) is 5.82 Å². The van der Waals surface area contributed by atoms with Gasteiger partial charge in [-0.2, -0.15) is 4.98 Å². The predicted molar refractivity (Wildman–Crippen MR) is 123 cm³/mol. The van der Waals surface area contributed by atoms with Crippen LogP contribution in [0.5, 0.6) is 5.88 Å². The minimum atomic E-state index is -2.61. The molecule has 0 aliphatic carbocycles. The Labute approximate surface area is 198 Å². The molecule has 2 atom stereocenters. The number of anilines is 1. The third kappa shape index (κ3) is 4.26. The maximum Gasteiger partial charge on any atom is 0.256 e. The number of nitrogens with zero attached hydrogens (tertiary/aromatic N) is 6. The van der Waals surface area contributed by atoms with Crippen LogP contribution in [0.15, 0.2) is 24.4 Å². The topological polar surface area (TPSA) is 72.5 Å². The van der Waals surface area contributed by atoms with Crippen molar-refractivity contribution in [2.75, 3.05) is 32.6 Å². The van der Waals surface area contributed by atoms with E-state index in [-0.39, 0.29) is 22.9 Å². The van der Waals surface area contributed by atoms with Crippen LogP contribution >= 0.6 is 0 Å². The summed E-state index contributed by atoms with van der Waals surface area (Å²) in [5.41, 5.74) is 1.76. The van der Waals surface area contributed by atoms with Crippen LogP contribution in [0.2, 0.25) is 0 Å². The number of benzene rings is 1. The zero-order valence-corrected chi connectivity index (χ0v) is 19.5. The fourth-order valence-corrected chi connectivity index (χ4v) is 4.63. The summed E-state index contributed by atoms with van der Waals surface area (Å²) in [5.74, 6) is 0.0989. The maximum atomic E-state index is 15.0. The van der Waals surface area contributed by atoms with Gasteiger partial charge in [0.25, 0.3) is 6.43 Å². The molecule has 0 bridgehead atoms. The first-order chi connectivity index (χ1) is 16.7. The molecular weight excluding hydrogens is 466 g/mol. The van der Waals surface area contributed by atoms with E-state index >= 15 is 0 Å². The minimum Gasteiger partial charge on any atom is -0.479 e. The number of nitrogens with one attached hydrogen (secondary N) is 1. The summed E-state index contributed by atoms with van der Waals surface area (Å²) < 4.78 is 64.0. The lowest BCUT2D eigenvalue weighted by atomic mass is 10.0. The van der Waals surface area contributed by atoms with E-state index in [0.29, 0.717) is 35.4 Å². The van der Waals surface area contributed by atoms with E-state index in [2.05, 4.69) is 20.4 Å². The molecule has 0 spiro atoms. The van der Waals surface area contributed by atoms with E-state index in [1.807, 2.05) is 11.9 Å². The average Bonchev–Trinajstić information content (AvgIpc) is 3.37. The molecule has 1 aromatic carbocycles. The molecule has 0 unspecified atom stereocenters. The van der Waals surface area contributed by atoms with Crippen LogP contribution in [0.4, 0.5) is 23.5 Å². The van der Waals surface area contributed by atoms with Gasteiger partial charge in [0.1, 0.15) is 23.0 Å². The number of imidazole rings is 1. The van der Waals surface area contributed by atoms with Crippen molar-refractivity contribution in [3.05, 3.63) is 36.0 Å². The highest BCUT2D eigenvalue weighted by molar-refractivity contribution is 5.90. The monoisotopic (exact) mass is 491 g/mol. The Kier molecular flexibility index (Phi) is 5.99. The molecule has 1 aliphatic heterocycles. The molecule has 3 aromatic heterocycles. The Hall–Kier alpha value is -3.41. The van der Waals surface area contributed by atoms with Gasteiger partial charge in [-0.3, -0.25) is 0 Å². The first kappa shape index (κ1) is 23.3. The molecular formula is C23H25F4N7O. The third-order valence-corrected chi connectivity index (χ3v) is 6.36. The van der Waals surface area contributed by atoms with E-state index in [4.69, 9.17) is 4.74 Å². The Morgan fingerprint density at radius 3 is 2.77 bits per heavy atom. The van der Waals surface area contributed by atoms with Crippen LogP contribution in [0.3, 0.4) is 0 Å². The molecule has 1 N–H and O–H groups in total. The highest BCUT2D eigenvalue weighted by Crippen LogP contribution is 2.34.